The molecule has 1 aromatic rings. The zero-order valence-corrected chi connectivity index (χ0v) is 15.7. The first-order valence-electron chi connectivity index (χ1n) is 9.22. The quantitative estimate of drug-likeness (QED) is 0.167. The van der Waals surface area contributed by atoms with Crippen LogP contribution in [0.2, 0.25) is 0 Å². The van der Waals surface area contributed by atoms with Crippen LogP contribution in [0.3, 0.4) is 0 Å². The summed E-state index contributed by atoms with van der Waals surface area (Å²) in [6, 6.07) is 7.72. The molecule has 0 aliphatic heterocycles. The molecule has 25 heavy (non-hydrogen) atoms. The van der Waals surface area contributed by atoms with E-state index in [4.69, 9.17) is 0 Å². The molecule has 4 nitrogen and oxygen atoms in total. The van der Waals surface area contributed by atoms with Gasteiger partial charge in [0.25, 0.3) is 0 Å². The van der Waals surface area contributed by atoms with Gasteiger partial charge < -0.3 is 0 Å². The molecule has 0 heterocycles. The minimum Gasteiger partial charge on any atom is -0.211 e. The van der Waals surface area contributed by atoms with Crippen molar-refractivity contribution in [3.8, 4) is 0 Å². The van der Waals surface area contributed by atoms with Gasteiger partial charge in [-0.15, -0.1) is 11.8 Å². The van der Waals surface area contributed by atoms with Gasteiger partial charge in [0, 0.05) is 4.90 Å². The third kappa shape index (κ3) is 11.5. The highest BCUT2D eigenvalue weighted by Gasteiger charge is 2.01. The van der Waals surface area contributed by atoms with Crippen molar-refractivity contribution in [1.82, 2.24) is 0 Å². The van der Waals surface area contributed by atoms with Gasteiger partial charge in [0.2, 0.25) is 12.2 Å². The van der Waals surface area contributed by atoms with Gasteiger partial charge in [-0.1, -0.05) is 63.5 Å². The molecule has 1 rings (SSSR count). The first-order valence-corrected chi connectivity index (χ1v) is 10.2. The zero-order chi connectivity index (χ0) is 18.0. The Kier molecular flexibility index (Phi) is 13.5. The van der Waals surface area contributed by atoms with Crippen LogP contribution in [-0.4, -0.2) is 24.5 Å². The number of benzene rings is 1. The summed E-state index contributed by atoms with van der Waals surface area (Å²) in [5, 5.41) is 0. The molecule has 0 fully saturated rings. The summed E-state index contributed by atoms with van der Waals surface area (Å²) in [5.74, 6) is 1.06. The number of aliphatic imine (C=N–C) groups is 2. The van der Waals surface area contributed by atoms with E-state index in [1.165, 1.54) is 51.4 Å². The Morgan fingerprint density at radius 1 is 0.760 bits per heavy atom. The molecule has 0 N–H and O–H groups in total. The summed E-state index contributed by atoms with van der Waals surface area (Å²) < 4.78 is 0. The number of isocyanates is 2. The Bertz CT molecular complexity index is 565. The SMILES string of the molecule is O=C=NCCCCCCCCCCCCSc1ccccc1N=C=O. The molecule has 1 aromatic carbocycles. The minimum atomic E-state index is 0.632. The summed E-state index contributed by atoms with van der Waals surface area (Å²) in [4.78, 5) is 28.7. The van der Waals surface area contributed by atoms with E-state index in [2.05, 4.69) is 9.98 Å². The van der Waals surface area contributed by atoms with Gasteiger partial charge in [0.1, 0.15) is 0 Å². The summed E-state index contributed by atoms with van der Waals surface area (Å²) in [6.45, 7) is 0.632. The number of para-hydroxylation sites is 1. The van der Waals surface area contributed by atoms with Gasteiger partial charge in [0.15, 0.2) is 0 Å². The van der Waals surface area contributed by atoms with Crippen molar-refractivity contribution in [2.75, 3.05) is 12.3 Å². The van der Waals surface area contributed by atoms with Gasteiger partial charge in [-0.05, 0) is 30.7 Å². The van der Waals surface area contributed by atoms with Gasteiger partial charge in [-0.25, -0.2) is 14.6 Å². The van der Waals surface area contributed by atoms with Crippen molar-refractivity contribution in [2.45, 2.75) is 69.1 Å². The highest BCUT2D eigenvalue weighted by molar-refractivity contribution is 7.99. The van der Waals surface area contributed by atoms with Crippen molar-refractivity contribution in [1.29, 1.82) is 0 Å². The maximum atomic E-state index is 10.4. The highest BCUT2D eigenvalue weighted by atomic mass is 32.2. The van der Waals surface area contributed by atoms with E-state index in [1.54, 1.807) is 23.9 Å². The largest absolute Gasteiger partial charge is 0.240 e. The van der Waals surface area contributed by atoms with E-state index in [9.17, 15) is 9.59 Å². The van der Waals surface area contributed by atoms with Crippen LogP contribution in [0.5, 0.6) is 0 Å². The molecule has 0 aromatic heterocycles. The van der Waals surface area contributed by atoms with Crippen LogP contribution in [-0.2, 0) is 9.59 Å². The Morgan fingerprint density at radius 3 is 2.00 bits per heavy atom. The lowest BCUT2D eigenvalue weighted by Crippen LogP contribution is -1.85. The Morgan fingerprint density at radius 2 is 1.36 bits per heavy atom. The molecule has 136 valence electrons. The van der Waals surface area contributed by atoms with Crippen molar-refractivity contribution in [3.63, 3.8) is 0 Å². The number of hydrogen-bond donors (Lipinski definition) is 0. The van der Waals surface area contributed by atoms with Crippen LogP contribution in [0.15, 0.2) is 39.1 Å². The number of carbonyl (C=O) groups excluding carboxylic acids is 2. The molecule has 0 atom stereocenters. The fourth-order valence-corrected chi connectivity index (χ4v) is 3.66. The summed E-state index contributed by atoms with van der Waals surface area (Å²) >= 11 is 1.77. The van der Waals surface area contributed by atoms with Crippen LogP contribution < -0.4 is 0 Å². The monoisotopic (exact) mass is 360 g/mol. The molecule has 0 bridgehead atoms. The number of hydrogen-bond acceptors (Lipinski definition) is 5. The maximum absolute atomic E-state index is 10.4. The summed E-state index contributed by atoms with van der Waals surface area (Å²) in [5.41, 5.74) is 0.723. The van der Waals surface area contributed by atoms with Crippen LogP contribution in [0.1, 0.15) is 64.2 Å². The van der Waals surface area contributed by atoms with Gasteiger partial charge in [0.05, 0.1) is 12.2 Å². The van der Waals surface area contributed by atoms with E-state index in [0.29, 0.717) is 6.54 Å². The fraction of sp³-hybridized carbons (Fsp3) is 0.600. The minimum absolute atomic E-state index is 0.632. The number of thioether (sulfide) groups is 1. The third-order valence-electron chi connectivity index (χ3n) is 4.02. The average Bonchev–Trinajstić information content (AvgIpc) is 2.63. The standard InChI is InChI=1S/C20H28N2O2S/c23-17-21-15-11-7-5-3-1-2-4-6-8-12-16-25-20-14-10-9-13-19(20)22-18-24/h9-10,13-14H,1-8,11-12,15-16H2. The maximum Gasteiger partial charge on any atom is 0.240 e. The predicted octanol–water partition coefficient (Wildman–Crippen LogP) is 5.98. The molecule has 0 amide bonds. The predicted molar refractivity (Wildman–Crippen MR) is 104 cm³/mol. The van der Waals surface area contributed by atoms with Gasteiger partial charge >= 0.3 is 0 Å². The average molecular weight is 361 g/mol. The molecule has 0 aliphatic rings. The zero-order valence-electron chi connectivity index (χ0n) is 14.9. The first kappa shape index (κ1) is 21.4. The van der Waals surface area contributed by atoms with Crippen LogP contribution >= 0.6 is 11.8 Å². The Hall–Kier alpha value is -1.67. The molecular formula is C20H28N2O2S. The lowest BCUT2D eigenvalue weighted by molar-refractivity contribution is 0.552. The molecule has 0 saturated carbocycles. The number of unbranched alkanes of at least 4 members (excludes halogenated alkanes) is 9. The van der Waals surface area contributed by atoms with Crippen molar-refractivity contribution >= 4 is 29.6 Å². The third-order valence-corrected chi connectivity index (χ3v) is 5.17. The normalized spacial score (nSPS) is 10.1. The molecule has 0 saturated heterocycles. The van der Waals surface area contributed by atoms with E-state index in [-0.39, 0.29) is 0 Å². The van der Waals surface area contributed by atoms with Crippen LogP contribution in [0.25, 0.3) is 0 Å². The first-order chi connectivity index (χ1) is 12.4. The van der Waals surface area contributed by atoms with Crippen molar-refractivity contribution < 1.29 is 9.59 Å². The lowest BCUT2D eigenvalue weighted by atomic mass is 10.1. The second-order valence-corrected chi connectivity index (χ2v) is 7.16. The van der Waals surface area contributed by atoms with Crippen LogP contribution in [0, 0.1) is 0 Å². The number of rotatable bonds is 15. The molecule has 0 aliphatic carbocycles. The summed E-state index contributed by atoms with van der Waals surface area (Å²) in [6.07, 6.45) is 15.6. The lowest BCUT2D eigenvalue weighted by Gasteiger charge is -2.04. The fourth-order valence-electron chi connectivity index (χ4n) is 2.66. The van der Waals surface area contributed by atoms with E-state index >= 15 is 0 Å². The molecule has 0 spiro atoms. The molecule has 0 unspecified atom stereocenters. The highest BCUT2D eigenvalue weighted by Crippen LogP contribution is 2.29. The van der Waals surface area contributed by atoms with E-state index in [1.807, 2.05) is 24.3 Å². The summed E-state index contributed by atoms with van der Waals surface area (Å²) in [7, 11) is 0. The molecule has 5 heteroatoms. The smallest absolute Gasteiger partial charge is 0.211 e. The second-order valence-electron chi connectivity index (χ2n) is 6.03. The van der Waals surface area contributed by atoms with Gasteiger partial charge in [-0.2, -0.15) is 4.99 Å². The second kappa shape index (κ2) is 15.8. The Balaban J connectivity index is 1.92. The van der Waals surface area contributed by atoms with Crippen molar-refractivity contribution in [3.05, 3.63) is 24.3 Å². The van der Waals surface area contributed by atoms with Crippen LogP contribution in [0.4, 0.5) is 5.69 Å². The Labute approximate surface area is 155 Å². The van der Waals surface area contributed by atoms with E-state index < -0.39 is 0 Å². The molecular weight excluding hydrogens is 332 g/mol. The number of nitrogens with zero attached hydrogens (tertiary/aromatic N) is 2. The topological polar surface area (TPSA) is 58.9 Å². The van der Waals surface area contributed by atoms with Crippen molar-refractivity contribution in [2.24, 2.45) is 9.98 Å². The van der Waals surface area contributed by atoms with E-state index in [0.717, 1.165) is 29.2 Å². The molecule has 0 radical (unpaired) electrons. The van der Waals surface area contributed by atoms with Gasteiger partial charge in [-0.3, -0.25) is 0 Å².